The summed E-state index contributed by atoms with van der Waals surface area (Å²) < 4.78 is 0. The van der Waals surface area contributed by atoms with Crippen LogP contribution in [0.3, 0.4) is 0 Å². The van der Waals surface area contributed by atoms with Crippen molar-refractivity contribution in [3.05, 3.63) is 34.9 Å². The van der Waals surface area contributed by atoms with Crippen LogP contribution in [0.15, 0.2) is 24.3 Å². The van der Waals surface area contributed by atoms with E-state index in [2.05, 4.69) is 5.32 Å². The second kappa shape index (κ2) is 5.47. The van der Waals surface area contributed by atoms with Gasteiger partial charge in [-0.3, -0.25) is 4.79 Å². The van der Waals surface area contributed by atoms with E-state index in [1.54, 1.807) is 26.0 Å². The Morgan fingerprint density at radius 1 is 1.41 bits per heavy atom. The van der Waals surface area contributed by atoms with Crippen LogP contribution in [0.5, 0.6) is 0 Å². The summed E-state index contributed by atoms with van der Waals surface area (Å²) in [5.41, 5.74) is 5.76. The second-order valence-corrected chi connectivity index (χ2v) is 5.22. The van der Waals surface area contributed by atoms with Gasteiger partial charge in [-0.25, -0.2) is 0 Å². The molecule has 0 unspecified atom stereocenters. The molecule has 1 rings (SSSR count). The van der Waals surface area contributed by atoms with Gasteiger partial charge in [0.1, 0.15) is 0 Å². The van der Waals surface area contributed by atoms with Gasteiger partial charge in [0.05, 0.1) is 16.9 Å². The molecular formula is C12H15ClN2OS. The molecule has 5 heteroatoms. The molecular weight excluding hydrogens is 256 g/mol. The molecule has 0 saturated heterocycles. The minimum atomic E-state index is -0.668. The van der Waals surface area contributed by atoms with Crippen LogP contribution >= 0.6 is 23.8 Å². The SMILES string of the molecule is CC(C)(NC(=O)Cc1ccc(Cl)cc1)C(N)=S. The van der Waals surface area contributed by atoms with Gasteiger partial charge in [0.25, 0.3) is 0 Å². The molecule has 0 radical (unpaired) electrons. The van der Waals surface area contributed by atoms with Gasteiger partial charge in [0.15, 0.2) is 0 Å². The summed E-state index contributed by atoms with van der Waals surface area (Å²) >= 11 is 10.6. The van der Waals surface area contributed by atoms with E-state index in [9.17, 15) is 4.79 Å². The third-order valence-corrected chi connectivity index (χ3v) is 3.11. The zero-order valence-electron chi connectivity index (χ0n) is 9.79. The molecule has 0 aliphatic carbocycles. The van der Waals surface area contributed by atoms with Crippen LogP contribution in [-0.4, -0.2) is 16.4 Å². The van der Waals surface area contributed by atoms with E-state index in [-0.39, 0.29) is 17.3 Å². The van der Waals surface area contributed by atoms with Crippen molar-refractivity contribution in [2.24, 2.45) is 5.73 Å². The van der Waals surface area contributed by atoms with Gasteiger partial charge >= 0.3 is 0 Å². The van der Waals surface area contributed by atoms with Crippen molar-refractivity contribution < 1.29 is 4.79 Å². The van der Waals surface area contributed by atoms with Crippen molar-refractivity contribution in [2.45, 2.75) is 25.8 Å². The van der Waals surface area contributed by atoms with E-state index in [0.717, 1.165) is 5.56 Å². The van der Waals surface area contributed by atoms with Gasteiger partial charge in [-0.15, -0.1) is 0 Å². The lowest BCUT2D eigenvalue weighted by Gasteiger charge is -2.24. The number of hydrogen-bond acceptors (Lipinski definition) is 2. The summed E-state index contributed by atoms with van der Waals surface area (Å²) in [6, 6.07) is 7.14. The van der Waals surface area contributed by atoms with Crippen molar-refractivity contribution in [1.82, 2.24) is 5.32 Å². The molecule has 0 heterocycles. The summed E-state index contributed by atoms with van der Waals surface area (Å²) in [7, 11) is 0. The van der Waals surface area contributed by atoms with Crippen LogP contribution in [0, 0.1) is 0 Å². The van der Waals surface area contributed by atoms with Crippen LogP contribution in [0.2, 0.25) is 5.02 Å². The van der Waals surface area contributed by atoms with Crippen molar-refractivity contribution in [2.75, 3.05) is 0 Å². The maximum atomic E-state index is 11.8. The number of nitrogens with one attached hydrogen (secondary N) is 1. The highest BCUT2D eigenvalue weighted by atomic mass is 35.5. The summed E-state index contributed by atoms with van der Waals surface area (Å²) in [5, 5.41) is 3.43. The zero-order chi connectivity index (χ0) is 13.1. The van der Waals surface area contributed by atoms with Crippen LogP contribution in [0.4, 0.5) is 0 Å². The van der Waals surface area contributed by atoms with Crippen molar-refractivity contribution in [3.63, 3.8) is 0 Å². The molecule has 0 saturated carbocycles. The smallest absolute Gasteiger partial charge is 0.225 e. The van der Waals surface area contributed by atoms with E-state index in [4.69, 9.17) is 29.6 Å². The lowest BCUT2D eigenvalue weighted by atomic mass is 10.0. The zero-order valence-corrected chi connectivity index (χ0v) is 11.4. The molecule has 0 atom stereocenters. The molecule has 0 fully saturated rings. The maximum Gasteiger partial charge on any atom is 0.225 e. The van der Waals surface area contributed by atoms with E-state index in [1.165, 1.54) is 0 Å². The fraction of sp³-hybridized carbons (Fsp3) is 0.333. The molecule has 0 bridgehead atoms. The molecule has 3 N–H and O–H groups in total. The van der Waals surface area contributed by atoms with Crippen LogP contribution in [0.1, 0.15) is 19.4 Å². The van der Waals surface area contributed by atoms with E-state index in [1.807, 2.05) is 12.1 Å². The topological polar surface area (TPSA) is 55.1 Å². The van der Waals surface area contributed by atoms with Gasteiger partial charge in [0, 0.05) is 5.02 Å². The van der Waals surface area contributed by atoms with Crippen LogP contribution < -0.4 is 11.1 Å². The van der Waals surface area contributed by atoms with Gasteiger partial charge < -0.3 is 11.1 Å². The lowest BCUT2D eigenvalue weighted by Crippen LogP contribution is -2.52. The van der Waals surface area contributed by atoms with E-state index in [0.29, 0.717) is 5.02 Å². The number of amides is 1. The Hall–Kier alpha value is -1.13. The number of benzene rings is 1. The highest BCUT2D eigenvalue weighted by Gasteiger charge is 2.23. The quantitative estimate of drug-likeness (QED) is 0.824. The summed E-state index contributed by atoms with van der Waals surface area (Å²) in [4.78, 5) is 12.0. The maximum absolute atomic E-state index is 11.8. The molecule has 1 aromatic carbocycles. The van der Waals surface area contributed by atoms with Gasteiger partial charge in [0.2, 0.25) is 5.91 Å². The minimum Gasteiger partial charge on any atom is -0.391 e. The lowest BCUT2D eigenvalue weighted by molar-refractivity contribution is -0.121. The van der Waals surface area contributed by atoms with Crippen molar-refractivity contribution >= 4 is 34.7 Å². The average Bonchev–Trinajstić information content (AvgIpc) is 2.20. The number of hydrogen-bond donors (Lipinski definition) is 2. The number of thiocarbonyl (C=S) groups is 1. The fourth-order valence-electron chi connectivity index (χ4n) is 1.24. The first-order valence-electron chi connectivity index (χ1n) is 5.16. The Labute approximate surface area is 111 Å². The number of halogens is 1. The van der Waals surface area contributed by atoms with Gasteiger partial charge in [-0.1, -0.05) is 36.0 Å². The van der Waals surface area contributed by atoms with Crippen molar-refractivity contribution in [3.8, 4) is 0 Å². The molecule has 17 heavy (non-hydrogen) atoms. The molecule has 3 nitrogen and oxygen atoms in total. The third-order valence-electron chi connectivity index (χ3n) is 2.35. The first-order chi connectivity index (χ1) is 7.81. The fourth-order valence-corrected chi connectivity index (χ4v) is 1.42. The summed E-state index contributed by atoms with van der Waals surface area (Å²) in [5.74, 6) is -0.120. The first-order valence-corrected chi connectivity index (χ1v) is 5.95. The molecule has 0 aliphatic rings. The minimum absolute atomic E-state index is 0.120. The first kappa shape index (κ1) is 13.9. The molecule has 92 valence electrons. The Balaban J connectivity index is 2.62. The Kier molecular flexibility index (Phi) is 4.48. The standard InChI is InChI=1S/C12H15ClN2OS/c1-12(2,11(14)17)15-10(16)7-8-3-5-9(13)6-4-8/h3-6H,7H2,1-2H3,(H2,14,17)(H,15,16). The normalized spacial score (nSPS) is 11.0. The predicted octanol–water partition coefficient (Wildman–Crippen LogP) is 2.06. The van der Waals surface area contributed by atoms with E-state index >= 15 is 0 Å². The van der Waals surface area contributed by atoms with Crippen LogP contribution in [0.25, 0.3) is 0 Å². The van der Waals surface area contributed by atoms with Gasteiger partial charge in [-0.05, 0) is 31.5 Å². The Morgan fingerprint density at radius 2 is 1.94 bits per heavy atom. The molecule has 0 aromatic heterocycles. The predicted molar refractivity (Wildman–Crippen MR) is 74.2 cm³/mol. The average molecular weight is 271 g/mol. The monoisotopic (exact) mass is 270 g/mol. The number of carbonyl (C=O) groups is 1. The molecule has 0 aliphatic heterocycles. The van der Waals surface area contributed by atoms with Crippen molar-refractivity contribution in [1.29, 1.82) is 0 Å². The van der Waals surface area contributed by atoms with Crippen LogP contribution in [-0.2, 0) is 11.2 Å². The van der Waals surface area contributed by atoms with E-state index < -0.39 is 5.54 Å². The second-order valence-electron chi connectivity index (χ2n) is 4.34. The molecule has 1 amide bonds. The Bertz CT molecular complexity index is 429. The highest BCUT2D eigenvalue weighted by Crippen LogP contribution is 2.10. The number of carbonyl (C=O) groups excluding carboxylic acids is 1. The summed E-state index contributed by atoms with van der Waals surface area (Å²) in [6.07, 6.45) is 0.281. The third kappa shape index (κ3) is 4.32. The number of rotatable bonds is 4. The van der Waals surface area contributed by atoms with Gasteiger partial charge in [-0.2, -0.15) is 0 Å². The Morgan fingerprint density at radius 3 is 2.41 bits per heavy atom. The molecule has 0 spiro atoms. The number of nitrogens with two attached hydrogens (primary N) is 1. The molecule has 1 aromatic rings. The highest BCUT2D eigenvalue weighted by molar-refractivity contribution is 7.80. The summed E-state index contributed by atoms with van der Waals surface area (Å²) in [6.45, 7) is 3.55. The largest absolute Gasteiger partial charge is 0.391 e.